The third kappa shape index (κ3) is 3.17. The third-order valence-corrected chi connectivity index (χ3v) is 3.28. The highest BCUT2D eigenvalue weighted by Gasteiger charge is 2.12. The van der Waals surface area contributed by atoms with E-state index in [-0.39, 0.29) is 5.82 Å². The Hall–Kier alpha value is -1.86. The number of nitrogens with one attached hydrogen (secondary N) is 1. The van der Waals surface area contributed by atoms with E-state index in [2.05, 4.69) is 15.4 Å². The zero-order chi connectivity index (χ0) is 14.5. The van der Waals surface area contributed by atoms with Gasteiger partial charge in [-0.3, -0.25) is 0 Å². The van der Waals surface area contributed by atoms with Gasteiger partial charge in [0.2, 0.25) is 0 Å². The van der Waals surface area contributed by atoms with Crippen molar-refractivity contribution >= 4 is 29.1 Å². The molecule has 0 aliphatic heterocycles. The number of rotatable bonds is 5. The lowest BCUT2D eigenvalue weighted by Crippen LogP contribution is -2.19. The molecule has 3 N–H and O–H groups in total. The van der Waals surface area contributed by atoms with Gasteiger partial charge in [0.15, 0.2) is 5.16 Å². The summed E-state index contributed by atoms with van der Waals surface area (Å²) in [5, 5.41) is 0.602. The number of hydrogen-bond acceptors (Lipinski definition) is 6. The first-order valence-corrected chi connectivity index (χ1v) is 7.33. The molecule has 0 bridgehead atoms. The van der Waals surface area contributed by atoms with Crippen LogP contribution >= 0.6 is 11.8 Å². The van der Waals surface area contributed by atoms with Gasteiger partial charge < -0.3 is 10.3 Å². The predicted octanol–water partition coefficient (Wildman–Crippen LogP) is 2.78. The predicted molar refractivity (Wildman–Crippen MR) is 80.7 cm³/mol. The van der Waals surface area contributed by atoms with Crippen LogP contribution in [-0.2, 0) is 0 Å². The number of hydrazine groups is 1. The monoisotopic (exact) mass is 293 g/mol. The number of nitrogen functional groups attached to an aromatic ring is 1. The van der Waals surface area contributed by atoms with Gasteiger partial charge >= 0.3 is 0 Å². The second-order valence-electron chi connectivity index (χ2n) is 3.97. The zero-order valence-corrected chi connectivity index (χ0v) is 12.1. The van der Waals surface area contributed by atoms with Crippen molar-refractivity contribution in [3.63, 3.8) is 0 Å². The summed E-state index contributed by atoms with van der Waals surface area (Å²) in [6, 6.07) is 8.13. The Morgan fingerprint density at radius 2 is 2.15 bits per heavy atom. The van der Waals surface area contributed by atoms with Crippen molar-refractivity contribution in [3.8, 4) is 0 Å². The van der Waals surface area contributed by atoms with Crippen LogP contribution in [0.3, 0.4) is 0 Å². The Kier molecular flexibility index (Phi) is 4.75. The van der Waals surface area contributed by atoms with Crippen molar-refractivity contribution in [2.45, 2.75) is 12.1 Å². The topological polar surface area (TPSA) is 67.1 Å². The van der Waals surface area contributed by atoms with Crippen molar-refractivity contribution in [2.75, 3.05) is 23.1 Å². The number of thioether (sulfide) groups is 1. The van der Waals surface area contributed by atoms with E-state index in [0.717, 1.165) is 5.69 Å². The Morgan fingerprint density at radius 3 is 2.75 bits per heavy atom. The van der Waals surface area contributed by atoms with Crippen LogP contribution in [0, 0.1) is 5.82 Å². The number of anilines is 3. The molecule has 0 aliphatic rings. The molecule has 5 nitrogen and oxygen atoms in total. The molecule has 2 rings (SSSR count). The molecule has 0 saturated carbocycles. The number of aromatic nitrogens is 2. The van der Waals surface area contributed by atoms with Gasteiger partial charge in [0.1, 0.15) is 17.5 Å². The van der Waals surface area contributed by atoms with E-state index in [1.165, 1.54) is 23.9 Å². The SMILES string of the molecule is CCN(c1cccc(F)c1)c1cc(NN)nc(SC)n1. The summed E-state index contributed by atoms with van der Waals surface area (Å²) in [4.78, 5) is 10.5. The largest absolute Gasteiger partial charge is 0.326 e. The average molecular weight is 293 g/mol. The molecule has 2 aromatic rings. The van der Waals surface area contributed by atoms with Crippen LogP contribution in [0.4, 0.5) is 21.7 Å². The summed E-state index contributed by atoms with van der Waals surface area (Å²) in [5.41, 5.74) is 3.26. The van der Waals surface area contributed by atoms with E-state index in [1.54, 1.807) is 12.1 Å². The Labute approximate surface area is 121 Å². The summed E-state index contributed by atoms with van der Waals surface area (Å²) < 4.78 is 13.4. The lowest BCUT2D eigenvalue weighted by Gasteiger charge is -2.22. The van der Waals surface area contributed by atoms with Crippen molar-refractivity contribution in [3.05, 3.63) is 36.1 Å². The summed E-state index contributed by atoms with van der Waals surface area (Å²) in [6.07, 6.45) is 1.89. The van der Waals surface area contributed by atoms with Gasteiger partial charge in [-0.15, -0.1) is 0 Å². The highest BCUT2D eigenvalue weighted by Crippen LogP contribution is 2.27. The van der Waals surface area contributed by atoms with Crippen LogP contribution in [0.15, 0.2) is 35.5 Å². The molecular formula is C13H16FN5S. The molecule has 20 heavy (non-hydrogen) atoms. The van der Waals surface area contributed by atoms with Gasteiger partial charge in [-0.1, -0.05) is 17.8 Å². The maximum atomic E-state index is 13.4. The molecule has 0 fully saturated rings. The molecule has 0 radical (unpaired) electrons. The van der Waals surface area contributed by atoms with E-state index < -0.39 is 0 Å². The quantitative estimate of drug-likeness (QED) is 0.382. The fourth-order valence-electron chi connectivity index (χ4n) is 1.84. The number of hydrogen-bond donors (Lipinski definition) is 2. The third-order valence-electron chi connectivity index (χ3n) is 2.74. The minimum atomic E-state index is -0.280. The van der Waals surface area contributed by atoms with E-state index in [0.29, 0.717) is 23.3 Å². The second kappa shape index (κ2) is 6.53. The second-order valence-corrected chi connectivity index (χ2v) is 4.74. The highest BCUT2D eigenvalue weighted by atomic mass is 32.2. The number of halogens is 1. The number of nitrogens with two attached hydrogens (primary N) is 1. The fraction of sp³-hybridized carbons (Fsp3) is 0.231. The first-order chi connectivity index (χ1) is 9.67. The van der Waals surface area contributed by atoms with Gasteiger partial charge in [-0.25, -0.2) is 20.2 Å². The van der Waals surface area contributed by atoms with E-state index in [9.17, 15) is 4.39 Å². The molecule has 1 aromatic heterocycles. The Balaban J connectivity index is 2.45. The molecular weight excluding hydrogens is 277 g/mol. The number of nitrogens with zero attached hydrogens (tertiary/aromatic N) is 3. The summed E-state index contributed by atoms with van der Waals surface area (Å²) >= 11 is 1.42. The number of benzene rings is 1. The van der Waals surface area contributed by atoms with Crippen LogP contribution in [0.5, 0.6) is 0 Å². The van der Waals surface area contributed by atoms with Gasteiger partial charge in [0, 0.05) is 18.3 Å². The molecule has 7 heteroatoms. The molecule has 1 heterocycles. The zero-order valence-electron chi connectivity index (χ0n) is 11.3. The summed E-state index contributed by atoms with van der Waals surface area (Å²) in [7, 11) is 0. The lowest BCUT2D eigenvalue weighted by atomic mass is 10.2. The molecule has 106 valence electrons. The van der Waals surface area contributed by atoms with Crippen molar-refractivity contribution in [1.29, 1.82) is 0 Å². The molecule has 0 saturated heterocycles. The van der Waals surface area contributed by atoms with Crippen molar-refractivity contribution < 1.29 is 4.39 Å². The molecule has 0 spiro atoms. The first-order valence-electron chi connectivity index (χ1n) is 6.10. The van der Waals surface area contributed by atoms with Crippen molar-refractivity contribution in [1.82, 2.24) is 9.97 Å². The summed E-state index contributed by atoms with van der Waals surface area (Å²) in [5.74, 6) is 6.33. The molecule has 0 unspecified atom stereocenters. The maximum absolute atomic E-state index is 13.4. The van der Waals surface area contributed by atoms with Gasteiger partial charge in [0.05, 0.1) is 0 Å². The smallest absolute Gasteiger partial charge is 0.191 e. The maximum Gasteiger partial charge on any atom is 0.191 e. The standard InChI is InChI=1S/C13H16FN5S/c1-3-19(10-6-4-5-9(14)7-10)12-8-11(18-15)16-13(17-12)20-2/h4-8H,3,15H2,1-2H3,(H,16,17,18). The molecule has 0 aliphatic carbocycles. The van der Waals surface area contributed by atoms with Gasteiger partial charge in [-0.05, 0) is 31.4 Å². The lowest BCUT2D eigenvalue weighted by molar-refractivity contribution is 0.627. The van der Waals surface area contributed by atoms with Gasteiger partial charge in [-0.2, -0.15) is 0 Å². The minimum Gasteiger partial charge on any atom is -0.326 e. The fourth-order valence-corrected chi connectivity index (χ4v) is 2.21. The summed E-state index contributed by atoms with van der Waals surface area (Å²) in [6.45, 7) is 2.62. The Morgan fingerprint density at radius 1 is 1.35 bits per heavy atom. The van der Waals surface area contributed by atoms with Gasteiger partial charge in [0.25, 0.3) is 0 Å². The molecule has 1 aromatic carbocycles. The van der Waals surface area contributed by atoms with E-state index >= 15 is 0 Å². The Bertz CT molecular complexity index is 570. The van der Waals surface area contributed by atoms with Crippen LogP contribution in [-0.4, -0.2) is 22.8 Å². The normalized spacial score (nSPS) is 10.4. The van der Waals surface area contributed by atoms with Crippen LogP contribution in [0.2, 0.25) is 0 Å². The minimum absolute atomic E-state index is 0.280. The van der Waals surface area contributed by atoms with E-state index in [1.807, 2.05) is 24.1 Å². The molecule has 0 amide bonds. The average Bonchev–Trinajstić information content (AvgIpc) is 2.47. The van der Waals surface area contributed by atoms with E-state index in [4.69, 9.17) is 5.84 Å². The van der Waals surface area contributed by atoms with Crippen LogP contribution < -0.4 is 16.2 Å². The van der Waals surface area contributed by atoms with Crippen molar-refractivity contribution in [2.24, 2.45) is 5.84 Å². The molecule has 0 atom stereocenters. The first kappa shape index (κ1) is 14.5. The van der Waals surface area contributed by atoms with Crippen LogP contribution in [0.25, 0.3) is 0 Å². The van der Waals surface area contributed by atoms with Crippen LogP contribution in [0.1, 0.15) is 6.92 Å². The highest BCUT2D eigenvalue weighted by molar-refractivity contribution is 7.98.